The SMILES string of the molecule is COc1cccc(Cn2cc(NC(=O)C3CCN(S(=O)(=O)c4ccccc4)CC3)cn2)c1. The van der Waals surface area contributed by atoms with Crippen molar-refractivity contribution in [3.8, 4) is 5.75 Å². The number of anilines is 1. The van der Waals surface area contributed by atoms with Crippen molar-refractivity contribution in [1.29, 1.82) is 0 Å². The number of aromatic nitrogens is 2. The second-order valence-electron chi connectivity index (χ2n) is 7.76. The maximum absolute atomic E-state index is 12.8. The summed E-state index contributed by atoms with van der Waals surface area (Å²) in [5.41, 5.74) is 1.66. The first-order chi connectivity index (χ1) is 15.5. The molecule has 0 radical (unpaired) electrons. The lowest BCUT2D eigenvalue weighted by Crippen LogP contribution is -2.41. The molecule has 9 heteroatoms. The predicted molar refractivity (Wildman–Crippen MR) is 121 cm³/mol. The zero-order valence-corrected chi connectivity index (χ0v) is 18.7. The molecule has 168 valence electrons. The third-order valence-corrected chi connectivity index (χ3v) is 7.50. The van der Waals surface area contributed by atoms with E-state index < -0.39 is 10.0 Å². The van der Waals surface area contributed by atoms with E-state index >= 15 is 0 Å². The third-order valence-electron chi connectivity index (χ3n) is 5.59. The van der Waals surface area contributed by atoms with Crippen LogP contribution in [0.25, 0.3) is 0 Å². The molecule has 0 atom stereocenters. The van der Waals surface area contributed by atoms with Crippen LogP contribution < -0.4 is 10.1 Å². The van der Waals surface area contributed by atoms with Crippen LogP contribution in [-0.2, 0) is 21.4 Å². The fraction of sp³-hybridized carbons (Fsp3) is 0.304. The summed E-state index contributed by atoms with van der Waals surface area (Å²) in [7, 11) is -1.89. The van der Waals surface area contributed by atoms with E-state index in [1.165, 1.54) is 4.31 Å². The fourth-order valence-electron chi connectivity index (χ4n) is 3.82. The number of nitrogens with one attached hydrogen (secondary N) is 1. The van der Waals surface area contributed by atoms with Gasteiger partial charge in [-0.2, -0.15) is 9.40 Å². The van der Waals surface area contributed by atoms with Crippen LogP contribution in [0.1, 0.15) is 18.4 Å². The van der Waals surface area contributed by atoms with Gasteiger partial charge in [0, 0.05) is 25.2 Å². The molecule has 32 heavy (non-hydrogen) atoms. The molecule has 1 aliphatic rings. The van der Waals surface area contributed by atoms with Crippen molar-refractivity contribution in [1.82, 2.24) is 14.1 Å². The molecule has 1 saturated heterocycles. The molecule has 0 unspecified atom stereocenters. The van der Waals surface area contributed by atoms with Gasteiger partial charge >= 0.3 is 0 Å². The van der Waals surface area contributed by atoms with Crippen molar-refractivity contribution < 1.29 is 17.9 Å². The Morgan fingerprint density at radius 2 is 1.88 bits per heavy atom. The van der Waals surface area contributed by atoms with Crippen LogP contribution in [0.2, 0.25) is 0 Å². The summed E-state index contributed by atoms with van der Waals surface area (Å²) in [4.78, 5) is 13.0. The van der Waals surface area contributed by atoms with Gasteiger partial charge in [-0.25, -0.2) is 8.42 Å². The van der Waals surface area contributed by atoms with Gasteiger partial charge in [0.1, 0.15) is 5.75 Å². The van der Waals surface area contributed by atoms with Crippen molar-refractivity contribution in [2.24, 2.45) is 5.92 Å². The first-order valence-electron chi connectivity index (χ1n) is 10.5. The van der Waals surface area contributed by atoms with E-state index in [9.17, 15) is 13.2 Å². The molecular formula is C23H26N4O4S. The number of benzene rings is 2. The summed E-state index contributed by atoms with van der Waals surface area (Å²) in [6, 6.07) is 16.1. The van der Waals surface area contributed by atoms with Crippen molar-refractivity contribution in [2.75, 3.05) is 25.5 Å². The minimum Gasteiger partial charge on any atom is -0.497 e. The number of carbonyl (C=O) groups is 1. The molecule has 0 spiro atoms. The first-order valence-corrected chi connectivity index (χ1v) is 11.9. The van der Waals surface area contributed by atoms with Gasteiger partial charge in [0.2, 0.25) is 15.9 Å². The molecule has 1 aromatic heterocycles. The van der Waals surface area contributed by atoms with Crippen LogP contribution in [0.15, 0.2) is 71.9 Å². The van der Waals surface area contributed by atoms with Gasteiger partial charge in [-0.15, -0.1) is 0 Å². The second kappa shape index (κ2) is 9.54. The fourth-order valence-corrected chi connectivity index (χ4v) is 5.31. The number of hydrogen-bond acceptors (Lipinski definition) is 5. The molecule has 3 aromatic rings. The van der Waals surface area contributed by atoms with E-state index in [2.05, 4.69) is 10.4 Å². The van der Waals surface area contributed by atoms with Crippen LogP contribution in [0.4, 0.5) is 5.69 Å². The Balaban J connectivity index is 1.32. The van der Waals surface area contributed by atoms with Gasteiger partial charge in [0.05, 0.1) is 30.4 Å². The highest BCUT2D eigenvalue weighted by Gasteiger charge is 2.32. The highest BCUT2D eigenvalue weighted by atomic mass is 32.2. The normalized spacial score (nSPS) is 15.4. The number of methoxy groups -OCH3 is 1. The van der Waals surface area contributed by atoms with E-state index in [4.69, 9.17) is 4.74 Å². The Morgan fingerprint density at radius 3 is 2.59 bits per heavy atom. The van der Waals surface area contributed by atoms with Crippen LogP contribution in [0, 0.1) is 5.92 Å². The van der Waals surface area contributed by atoms with Crippen LogP contribution in [-0.4, -0.2) is 48.6 Å². The molecule has 0 aliphatic carbocycles. The molecule has 0 bridgehead atoms. The largest absolute Gasteiger partial charge is 0.497 e. The number of hydrogen-bond donors (Lipinski definition) is 1. The summed E-state index contributed by atoms with van der Waals surface area (Å²) >= 11 is 0. The maximum atomic E-state index is 12.8. The lowest BCUT2D eigenvalue weighted by Gasteiger charge is -2.30. The monoisotopic (exact) mass is 454 g/mol. The molecule has 4 rings (SSSR count). The summed E-state index contributed by atoms with van der Waals surface area (Å²) in [6.07, 6.45) is 4.37. The highest BCUT2D eigenvalue weighted by Crippen LogP contribution is 2.25. The Hall–Kier alpha value is -3.17. The Morgan fingerprint density at radius 1 is 1.12 bits per heavy atom. The van der Waals surface area contributed by atoms with Gasteiger partial charge in [0.25, 0.3) is 0 Å². The molecule has 0 saturated carbocycles. The van der Waals surface area contributed by atoms with Gasteiger partial charge < -0.3 is 10.1 Å². The Labute approximate surface area is 187 Å². The average molecular weight is 455 g/mol. The Bertz CT molecular complexity index is 1170. The molecule has 1 N–H and O–H groups in total. The molecule has 2 aromatic carbocycles. The first kappa shape index (κ1) is 22.0. The van der Waals surface area contributed by atoms with Gasteiger partial charge in [-0.3, -0.25) is 9.48 Å². The van der Waals surface area contributed by atoms with E-state index in [1.807, 2.05) is 24.3 Å². The maximum Gasteiger partial charge on any atom is 0.243 e. The van der Waals surface area contributed by atoms with E-state index in [0.29, 0.717) is 38.2 Å². The van der Waals surface area contributed by atoms with Crippen molar-refractivity contribution in [2.45, 2.75) is 24.3 Å². The lowest BCUT2D eigenvalue weighted by molar-refractivity contribution is -0.120. The molecule has 2 heterocycles. The van der Waals surface area contributed by atoms with Crippen LogP contribution >= 0.6 is 0 Å². The molecule has 1 fully saturated rings. The molecule has 8 nitrogen and oxygen atoms in total. The number of carbonyl (C=O) groups excluding carboxylic acids is 1. The standard InChI is InChI=1S/C23H26N4O4S/c1-31-21-7-5-6-18(14-21)16-26-17-20(15-24-26)25-23(28)19-10-12-27(13-11-19)32(29,30)22-8-3-2-4-9-22/h2-9,14-15,17,19H,10-13,16H2,1H3,(H,25,28). The average Bonchev–Trinajstić information content (AvgIpc) is 3.26. The highest BCUT2D eigenvalue weighted by molar-refractivity contribution is 7.89. The molecular weight excluding hydrogens is 428 g/mol. The lowest BCUT2D eigenvalue weighted by atomic mass is 9.97. The summed E-state index contributed by atoms with van der Waals surface area (Å²) < 4.78 is 34.0. The molecule has 1 amide bonds. The van der Waals surface area contributed by atoms with E-state index in [-0.39, 0.29) is 16.7 Å². The Kier molecular flexibility index (Phi) is 6.57. The topological polar surface area (TPSA) is 93.5 Å². The van der Waals surface area contributed by atoms with Crippen LogP contribution in [0.3, 0.4) is 0 Å². The number of amides is 1. The van der Waals surface area contributed by atoms with Gasteiger partial charge in [0.15, 0.2) is 0 Å². The molecule has 1 aliphatic heterocycles. The third kappa shape index (κ3) is 5.00. The van der Waals surface area contributed by atoms with Crippen LogP contribution in [0.5, 0.6) is 5.75 Å². The zero-order valence-electron chi connectivity index (χ0n) is 17.8. The summed E-state index contributed by atoms with van der Waals surface area (Å²) in [5.74, 6) is 0.436. The number of ether oxygens (including phenoxy) is 1. The van der Waals surface area contributed by atoms with Crippen molar-refractivity contribution in [3.63, 3.8) is 0 Å². The number of nitrogens with zero attached hydrogens (tertiary/aromatic N) is 3. The van der Waals surface area contributed by atoms with Gasteiger partial charge in [-0.1, -0.05) is 30.3 Å². The van der Waals surface area contributed by atoms with Gasteiger partial charge in [-0.05, 0) is 42.7 Å². The quantitative estimate of drug-likeness (QED) is 0.592. The number of sulfonamides is 1. The summed E-state index contributed by atoms with van der Waals surface area (Å²) in [6.45, 7) is 1.21. The second-order valence-corrected chi connectivity index (χ2v) is 9.70. The zero-order chi connectivity index (χ0) is 22.6. The van der Waals surface area contributed by atoms with E-state index in [0.717, 1.165) is 11.3 Å². The minimum absolute atomic E-state index is 0.109. The predicted octanol–water partition coefficient (Wildman–Crippen LogP) is 2.98. The number of rotatable bonds is 7. The summed E-state index contributed by atoms with van der Waals surface area (Å²) in [5, 5.41) is 7.23. The van der Waals surface area contributed by atoms with E-state index in [1.54, 1.807) is 54.5 Å². The number of piperidine rings is 1. The minimum atomic E-state index is -3.52. The van der Waals surface area contributed by atoms with Crippen molar-refractivity contribution >= 4 is 21.6 Å². The smallest absolute Gasteiger partial charge is 0.243 e. The van der Waals surface area contributed by atoms with Crippen molar-refractivity contribution in [3.05, 3.63) is 72.6 Å².